The molecule has 1 unspecified atom stereocenters. The molecule has 194 valence electrons. The number of alkyl halides is 3. The van der Waals surface area contributed by atoms with E-state index in [-0.39, 0.29) is 24.6 Å². The van der Waals surface area contributed by atoms with Crippen molar-refractivity contribution in [3.63, 3.8) is 0 Å². The molecule has 1 aliphatic heterocycles. The van der Waals surface area contributed by atoms with Gasteiger partial charge in [0.2, 0.25) is 5.91 Å². The Labute approximate surface area is 217 Å². The van der Waals surface area contributed by atoms with Crippen molar-refractivity contribution in [1.82, 2.24) is 14.5 Å². The first-order chi connectivity index (χ1) is 18.1. The summed E-state index contributed by atoms with van der Waals surface area (Å²) in [5.74, 6) is -1.90. The van der Waals surface area contributed by atoms with Crippen molar-refractivity contribution in [2.75, 3.05) is 0 Å². The highest BCUT2D eigenvalue weighted by Gasteiger charge is 2.41. The van der Waals surface area contributed by atoms with E-state index >= 15 is 0 Å². The molecule has 2 heterocycles. The van der Waals surface area contributed by atoms with E-state index in [2.05, 4.69) is 4.98 Å². The van der Waals surface area contributed by atoms with Crippen LogP contribution in [0.3, 0.4) is 0 Å². The highest BCUT2D eigenvalue weighted by atomic mass is 19.4. The summed E-state index contributed by atoms with van der Waals surface area (Å²) in [4.78, 5) is 32.3. The average Bonchev–Trinajstić information content (AvgIpc) is 3.23. The predicted molar refractivity (Wildman–Crippen MR) is 134 cm³/mol. The highest BCUT2D eigenvalue weighted by molar-refractivity contribution is 5.91. The number of aryl methyl sites for hydroxylation is 1. The third kappa shape index (κ3) is 4.67. The molecular weight excluding hydrogens is 495 g/mol. The SMILES string of the molecule is Cc1nc2c(n1-c1cccc(C(F)(F)F)c1)CC(C(=O)O)N(C(=O)C(c1ccccc1)c1ccccc1)C2. The van der Waals surface area contributed by atoms with E-state index in [0.29, 0.717) is 17.2 Å². The van der Waals surface area contributed by atoms with E-state index in [1.807, 2.05) is 60.7 Å². The number of benzene rings is 3. The number of rotatable bonds is 5. The third-order valence-corrected chi connectivity index (χ3v) is 6.82. The van der Waals surface area contributed by atoms with Crippen LogP contribution < -0.4 is 0 Å². The van der Waals surface area contributed by atoms with Crippen molar-refractivity contribution in [2.24, 2.45) is 0 Å². The Kier molecular flexibility index (Phi) is 6.52. The minimum atomic E-state index is -4.53. The zero-order valence-corrected chi connectivity index (χ0v) is 20.4. The van der Waals surface area contributed by atoms with Crippen molar-refractivity contribution in [3.8, 4) is 5.69 Å². The fraction of sp³-hybridized carbons (Fsp3) is 0.207. The van der Waals surface area contributed by atoms with Crippen molar-refractivity contribution in [1.29, 1.82) is 0 Å². The van der Waals surface area contributed by atoms with Gasteiger partial charge in [0.15, 0.2) is 0 Å². The molecule has 1 N–H and O–H groups in total. The predicted octanol–water partition coefficient (Wildman–Crippen LogP) is 5.37. The van der Waals surface area contributed by atoms with Crippen LogP contribution in [-0.2, 0) is 28.7 Å². The summed E-state index contributed by atoms with van der Waals surface area (Å²) < 4.78 is 41.6. The number of amides is 1. The maximum Gasteiger partial charge on any atom is 0.416 e. The maximum absolute atomic E-state index is 14.0. The Morgan fingerprint density at radius 3 is 2.11 bits per heavy atom. The summed E-state index contributed by atoms with van der Waals surface area (Å²) in [6.07, 6.45) is -4.62. The number of halogens is 3. The first-order valence-corrected chi connectivity index (χ1v) is 12.0. The molecule has 0 radical (unpaired) electrons. The van der Waals surface area contributed by atoms with Gasteiger partial charge in [-0.25, -0.2) is 9.78 Å². The molecule has 0 spiro atoms. The van der Waals surface area contributed by atoms with Crippen LogP contribution in [-0.4, -0.2) is 37.5 Å². The first-order valence-electron chi connectivity index (χ1n) is 12.0. The van der Waals surface area contributed by atoms with E-state index in [9.17, 15) is 27.9 Å². The number of aliphatic carboxylic acids is 1. The van der Waals surface area contributed by atoms with E-state index < -0.39 is 29.7 Å². The van der Waals surface area contributed by atoms with Crippen LogP contribution in [0.2, 0.25) is 0 Å². The largest absolute Gasteiger partial charge is 0.480 e. The van der Waals surface area contributed by atoms with Gasteiger partial charge >= 0.3 is 12.1 Å². The highest BCUT2D eigenvalue weighted by Crippen LogP contribution is 2.35. The maximum atomic E-state index is 14.0. The number of hydrogen-bond donors (Lipinski definition) is 1. The van der Waals surface area contributed by atoms with Gasteiger partial charge in [-0.3, -0.25) is 4.79 Å². The average molecular weight is 520 g/mol. The van der Waals surface area contributed by atoms with Gasteiger partial charge in [0.25, 0.3) is 0 Å². The lowest BCUT2D eigenvalue weighted by atomic mass is 9.88. The number of carboxylic acids is 1. The number of hydrogen-bond acceptors (Lipinski definition) is 3. The number of carboxylic acid groups (broad SMARTS) is 1. The summed E-state index contributed by atoms with van der Waals surface area (Å²) >= 11 is 0. The third-order valence-electron chi connectivity index (χ3n) is 6.82. The van der Waals surface area contributed by atoms with E-state index in [1.165, 1.54) is 17.0 Å². The zero-order valence-electron chi connectivity index (χ0n) is 20.4. The molecule has 38 heavy (non-hydrogen) atoms. The fourth-order valence-electron chi connectivity index (χ4n) is 5.09. The quantitative estimate of drug-likeness (QED) is 0.385. The van der Waals surface area contributed by atoms with Gasteiger partial charge < -0.3 is 14.6 Å². The minimum Gasteiger partial charge on any atom is -0.480 e. The van der Waals surface area contributed by atoms with Gasteiger partial charge in [-0.2, -0.15) is 13.2 Å². The molecule has 1 amide bonds. The number of aromatic nitrogens is 2. The van der Waals surface area contributed by atoms with Crippen molar-refractivity contribution in [3.05, 3.63) is 119 Å². The topological polar surface area (TPSA) is 75.4 Å². The molecule has 0 aliphatic carbocycles. The lowest BCUT2D eigenvalue weighted by molar-refractivity contribution is -0.151. The van der Waals surface area contributed by atoms with Crippen LogP contribution in [0.4, 0.5) is 13.2 Å². The summed E-state index contributed by atoms with van der Waals surface area (Å²) in [5.41, 5.74) is 1.82. The molecule has 0 bridgehead atoms. The standard InChI is InChI=1S/C29H24F3N3O3/c1-18-33-23-17-34(27(36)26(19-9-4-2-5-10-19)20-11-6-3-7-12-20)25(28(37)38)16-24(23)35(18)22-14-8-13-21(15-22)29(30,31)32/h2-15,25-26H,16-17H2,1H3,(H,37,38). The van der Waals surface area contributed by atoms with Gasteiger partial charge in [0, 0.05) is 12.1 Å². The molecule has 9 heteroatoms. The van der Waals surface area contributed by atoms with Crippen LogP contribution in [0.1, 0.15) is 39.8 Å². The molecule has 5 rings (SSSR count). The lowest BCUT2D eigenvalue weighted by Gasteiger charge is -2.35. The van der Waals surface area contributed by atoms with E-state index in [4.69, 9.17) is 0 Å². The Balaban J connectivity index is 1.57. The van der Waals surface area contributed by atoms with Crippen molar-refractivity contribution >= 4 is 11.9 Å². The number of fused-ring (bicyclic) bond motifs is 1. The Hall–Kier alpha value is -4.40. The second kappa shape index (κ2) is 9.81. The van der Waals surface area contributed by atoms with Crippen LogP contribution >= 0.6 is 0 Å². The van der Waals surface area contributed by atoms with Crippen molar-refractivity contribution < 1.29 is 27.9 Å². The second-order valence-corrected chi connectivity index (χ2v) is 9.21. The number of imidazole rings is 1. The Morgan fingerprint density at radius 1 is 0.947 bits per heavy atom. The monoisotopic (exact) mass is 519 g/mol. The lowest BCUT2D eigenvalue weighted by Crippen LogP contribution is -2.50. The molecule has 1 aromatic heterocycles. The smallest absolute Gasteiger partial charge is 0.416 e. The van der Waals surface area contributed by atoms with Gasteiger partial charge in [-0.15, -0.1) is 0 Å². The first kappa shape index (κ1) is 25.3. The molecule has 1 aliphatic rings. The molecule has 1 atom stereocenters. The molecule has 4 aromatic rings. The second-order valence-electron chi connectivity index (χ2n) is 9.21. The van der Waals surface area contributed by atoms with Crippen LogP contribution in [0.15, 0.2) is 84.9 Å². The van der Waals surface area contributed by atoms with Gasteiger partial charge in [0.1, 0.15) is 11.9 Å². The van der Waals surface area contributed by atoms with Crippen LogP contribution in [0, 0.1) is 6.92 Å². The van der Waals surface area contributed by atoms with Gasteiger partial charge in [-0.1, -0.05) is 66.7 Å². The summed E-state index contributed by atoms with van der Waals surface area (Å²) in [6.45, 7) is 1.57. The Morgan fingerprint density at radius 2 is 1.55 bits per heavy atom. The Bertz CT molecular complexity index is 1440. The number of nitrogens with zero attached hydrogens (tertiary/aromatic N) is 3. The summed E-state index contributed by atoms with van der Waals surface area (Å²) in [6, 6.07) is 21.9. The van der Waals surface area contributed by atoms with E-state index in [1.54, 1.807) is 11.5 Å². The van der Waals surface area contributed by atoms with Crippen molar-refractivity contribution in [2.45, 2.75) is 38.0 Å². The fourth-order valence-corrected chi connectivity index (χ4v) is 5.09. The minimum absolute atomic E-state index is 0.0753. The molecule has 3 aromatic carbocycles. The van der Waals surface area contributed by atoms with E-state index in [0.717, 1.165) is 23.3 Å². The molecule has 0 saturated carbocycles. The summed E-state index contributed by atoms with van der Waals surface area (Å²) in [7, 11) is 0. The molecule has 0 saturated heterocycles. The molecule has 0 fully saturated rings. The molecule has 6 nitrogen and oxygen atoms in total. The van der Waals surface area contributed by atoms with Crippen LogP contribution in [0.5, 0.6) is 0 Å². The van der Waals surface area contributed by atoms with Crippen LogP contribution in [0.25, 0.3) is 5.69 Å². The number of carbonyl (C=O) groups excluding carboxylic acids is 1. The number of carbonyl (C=O) groups is 2. The van der Waals surface area contributed by atoms with Gasteiger partial charge in [-0.05, 0) is 36.2 Å². The normalized spacial score (nSPS) is 15.4. The molecular formula is C29H24F3N3O3. The zero-order chi connectivity index (χ0) is 27.0. The summed E-state index contributed by atoms with van der Waals surface area (Å²) in [5, 5.41) is 10.2. The van der Waals surface area contributed by atoms with Gasteiger partial charge in [0.05, 0.1) is 29.4 Å².